The minimum atomic E-state index is -3.65. The Morgan fingerprint density at radius 2 is 2.09 bits per heavy atom. The summed E-state index contributed by atoms with van der Waals surface area (Å²) in [6, 6.07) is 2.50. The normalized spacial score (nSPS) is 16.2. The van der Waals surface area contributed by atoms with Crippen molar-refractivity contribution in [1.29, 1.82) is 0 Å². The van der Waals surface area contributed by atoms with E-state index in [0.717, 1.165) is 11.3 Å². The van der Waals surface area contributed by atoms with Gasteiger partial charge in [0.05, 0.1) is 10.2 Å². The number of anilines is 1. The molecule has 1 amide bonds. The lowest BCUT2D eigenvalue weighted by molar-refractivity contribution is -0.286. The smallest absolute Gasteiger partial charge is 0.395 e. The summed E-state index contributed by atoms with van der Waals surface area (Å²) in [6.07, 6.45) is -3.48. The number of thiazole rings is 1. The lowest BCUT2D eigenvalue weighted by atomic mass is 10.2. The van der Waals surface area contributed by atoms with Gasteiger partial charge < -0.3 is 20.5 Å². The number of rotatable bonds is 3. The van der Waals surface area contributed by atoms with Crippen LogP contribution in [-0.4, -0.2) is 23.2 Å². The standard InChI is InChI=1S/C12H11F2N3O3S.ClH/c1-5(15)2-10(18)17-11-16-6-3-7-8(4-9(6)21-11)20-12(13,14)19-7;/h3-5H,2,15H2,1H3,(H,16,17,18);1H. The van der Waals surface area contributed by atoms with Crippen LogP contribution in [0.25, 0.3) is 10.2 Å². The van der Waals surface area contributed by atoms with Crippen molar-refractivity contribution in [3.63, 3.8) is 0 Å². The van der Waals surface area contributed by atoms with E-state index in [4.69, 9.17) is 5.73 Å². The molecule has 1 aromatic carbocycles. The molecule has 0 spiro atoms. The summed E-state index contributed by atoms with van der Waals surface area (Å²) in [5, 5.41) is 2.98. The van der Waals surface area contributed by atoms with Crippen LogP contribution in [0.1, 0.15) is 13.3 Å². The number of amides is 1. The number of ether oxygens (including phenoxy) is 2. The van der Waals surface area contributed by atoms with Crippen molar-refractivity contribution < 1.29 is 23.0 Å². The molecule has 1 aliphatic rings. The maximum absolute atomic E-state index is 12.9. The quantitative estimate of drug-likeness (QED) is 0.888. The van der Waals surface area contributed by atoms with Crippen molar-refractivity contribution in [2.75, 3.05) is 5.32 Å². The highest BCUT2D eigenvalue weighted by Gasteiger charge is 2.43. The van der Waals surface area contributed by atoms with Crippen LogP contribution in [0, 0.1) is 0 Å². The molecule has 0 saturated heterocycles. The summed E-state index contributed by atoms with van der Waals surface area (Å²) in [5.41, 5.74) is 5.97. The Morgan fingerprint density at radius 1 is 1.45 bits per heavy atom. The van der Waals surface area contributed by atoms with E-state index in [1.807, 2.05) is 0 Å². The number of benzene rings is 1. The van der Waals surface area contributed by atoms with Crippen molar-refractivity contribution in [2.24, 2.45) is 5.73 Å². The molecule has 2 heterocycles. The fraction of sp³-hybridized carbons (Fsp3) is 0.333. The summed E-state index contributed by atoms with van der Waals surface area (Å²) in [7, 11) is 0. The molecular formula is C12H12ClF2N3O3S. The van der Waals surface area contributed by atoms with Crippen molar-refractivity contribution in [3.05, 3.63) is 12.1 Å². The number of nitrogens with zero attached hydrogens (tertiary/aromatic N) is 1. The summed E-state index contributed by atoms with van der Waals surface area (Å²) in [4.78, 5) is 15.8. The van der Waals surface area contributed by atoms with Gasteiger partial charge in [-0.1, -0.05) is 11.3 Å². The SMILES string of the molecule is CC(N)CC(=O)Nc1nc2cc3c(cc2s1)OC(F)(F)O3.Cl. The van der Waals surface area contributed by atoms with Crippen molar-refractivity contribution in [2.45, 2.75) is 25.7 Å². The van der Waals surface area contributed by atoms with Crippen LogP contribution in [0.4, 0.5) is 13.9 Å². The maximum atomic E-state index is 12.9. The molecular weight excluding hydrogens is 340 g/mol. The molecule has 22 heavy (non-hydrogen) atoms. The van der Waals surface area contributed by atoms with E-state index in [1.54, 1.807) is 6.92 Å². The third kappa shape index (κ3) is 3.37. The lowest BCUT2D eigenvalue weighted by Gasteiger charge is -2.04. The maximum Gasteiger partial charge on any atom is 0.586 e. The molecule has 0 saturated carbocycles. The molecule has 1 atom stereocenters. The molecule has 1 unspecified atom stereocenters. The number of fused-ring (bicyclic) bond motifs is 2. The lowest BCUT2D eigenvalue weighted by Crippen LogP contribution is -2.25. The molecule has 1 aliphatic heterocycles. The second-order valence-electron chi connectivity index (χ2n) is 4.68. The molecule has 6 nitrogen and oxygen atoms in total. The Kier molecular flexibility index (Phi) is 4.41. The molecule has 2 aromatic rings. The summed E-state index contributed by atoms with van der Waals surface area (Å²) < 4.78 is 35.2. The van der Waals surface area contributed by atoms with Crippen LogP contribution >= 0.6 is 23.7 Å². The summed E-state index contributed by atoms with van der Waals surface area (Å²) >= 11 is 1.15. The number of alkyl halides is 2. The first-order valence-corrected chi connectivity index (χ1v) is 6.90. The number of carbonyl (C=O) groups excluding carboxylic acids is 1. The van der Waals surface area contributed by atoms with Gasteiger partial charge in [0.2, 0.25) is 5.91 Å². The summed E-state index contributed by atoms with van der Waals surface area (Å²) in [5.74, 6) is -0.383. The van der Waals surface area contributed by atoms with Gasteiger partial charge >= 0.3 is 6.29 Å². The van der Waals surface area contributed by atoms with Gasteiger partial charge in [-0.2, -0.15) is 0 Å². The van der Waals surface area contributed by atoms with Crippen molar-refractivity contribution >= 4 is 45.0 Å². The molecule has 0 aliphatic carbocycles. The Balaban J connectivity index is 0.00000176. The van der Waals surface area contributed by atoms with Gasteiger partial charge in [0.15, 0.2) is 16.6 Å². The molecule has 0 radical (unpaired) electrons. The van der Waals surface area contributed by atoms with Gasteiger partial charge in [0.25, 0.3) is 0 Å². The topological polar surface area (TPSA) is 86.5 Å². The molecule has 1 aromatic heterocycles. The molecule has 120 valence electrons. The predicted octanol–water partition coefficient (Wildman–Crippen LogP) is 2.72. The summed E-state index contributed by atoms with van der Waals surface area (Å²) in [6.45, 7) is 1.72. The Bertz CT molecular complexity index is 678. The molecule has 0 fully saturated rings. The van der Waals surface area contributed by atoms with Crippen molar-refractivity contribution in [1.82, 2.24) is 4.98 Å². The van der Waals surface area contributed by atoms with E-state index in [-0.39, 0.29) is 42.3 Å². The largest absolute Gasteiger partial charge is 0.586 e. The fourth-order valence-corrected chi connectivity index (χ4v) is 2.78. The van der Waals surface area contributed by atoms with Crippen LogP contribution in [-0.2, 0) is 4.79 Å². The minimum Gasteiger partial charge on any atom is -0.395 e. The van der Waals surface area contributed by atoms with Crippen LogP contribution in [0.2, 0.25) is 0 Å². The minimum absolute atomic E-state index is 0. The van der Waals surface area contributed by atoms with E-state index in [0.29, 0.717) is 15.3 Å². The zero-order chi connectivity index (χ0) is 15.2. The van der Waals surface area contributed by atoms with Crippen LogP contribution in [0.15, 0.2) is 12.1 Å². The Labute approximate surface area is 134 Å². The number of nitrogens with one attached hydrogen (secondary N) is 1. The van der Waals surface area contributed by atoms with Crippen LogP contribution in [0.3, 0.4) is 0 Å². The Morgan fingerprint density at radius 3 is 2.73 bits per heavy atom. The van der Waals surface area contributed by atoms with E-state index >= 15 is 0 Å². The Hall–Kier alpha value is -1.71. The first-order valence-electron chi connectivity index (χ1n) is 6.08. The highest BCUT2D eigenvalue weighted by Crippen LogP contribution is 2.44. The van der Waals surface area contributed by atoms with E-state index in [9.17, 15) is 13.6 Å². The number of hydrogen-bond acceptors (Lipinski definition) is 6. The average Bonchev–Trinajstić information content (AvgIpc) is 2.80. The van der Waals surface area contributed by atoms with Gasteiger partial charge in [-0.3, -0.25) is 4.79 Å². The van der Waals surface area contributed by atoms with Gasteiger partial charge in [-0.25, -0.2) is 4.98 Å². The van der Waals surface area contributed by atoms with Crippen LogP contribution < -0.4 is 20.5 Å². The first-order chi connectivity index (χ1) is 9.82. The molecule has 10 heteroatoms. The molecule has 0 bridgehead atoms. The van der Waals surface area contributed by atoms with Crippen LogP contribution in [0.5, 0.6) is 11.5 Å². The van der Waals surface area contributed by atoms with Gasteiger partial charge in [0, 0.05) is 24.6 Å². The van der Waals surface area contributed by atoms with Gasteiger partial charge in [-0.15, -0.1) is 21.2 Å². The zero-order valence-electron chi connectivity index (χ0n) is 11.3. The highest BCUT2D eigenvalue weighted by molar-refractivity contribution is 7.22. The number of hydrogen-bond donors (Lipinski definition) is 2. The fourth-order valence-electron chi connectivity index (χ4n) is 1.89. The van der Waals surface area contributed by atoms with E-state index < -0.39 is 6.29 Å². The molecule has 3 N–H and O–H groups in total. The van der Waals surface area contributed by atoms with Gasteiger partial charge in [0.1, 0.15) is 0 Å². The average molecular weight is 352 g/mol. The highest BCUT2D eigenvalue weighted by atomic mass is 35.5. The monoisotopic (exact) mass is 351 g/mol. The number of aromatic nitrogens is 1. The third-order valence-corrected chi connectivity index (χ3v) is 3.60. The van der Waals surface area contributed by atoms with E-state index in [1.165, 1.54) is 12.1 Å². The zero-order valence-corrected chi connectivity index (χ0v) is 12.9. The number of nitrogens with two attached hydrogens (primary N) is 1. The first kappa shape index (κ1) is 16.7. The van der Waals surface area contributed by atoms with Crippen molar-refractivity contribution in [3.8, 4) is 11.5 Å². The van der Waals surface area contributed by atoms with E-state index in [2.05, 4.69) is 19.8 Å². The predicted molar refractivity (Wildman–Crippen MR) is 80.0 cm³/mol. The second-order valence-corrected chi connectivity index (χ2v) is 5.71. The van der Waals surface area contributed by atoms with Gasteiger partial charge in [-0.05, 0) is 6.92 Å². The number of carbonyl (C=O) groups is 1. The second kappa shape index (κ2) is 5.82. The number of halogens is 3. The molecule has 3 rings (SSSR count). The third-order valence-electron chi connectivity index (χ3n) is 2.67.